The van der Waals surface area contributed by atoms with Crippen molar-refractivity contribution in [1.29, 1.82) is 5.41 Å². The Bertz CT molecular complexity index is 591. The molecule has 3 nitrogen and oxygen atoms in total. The van der Waals surface area contributed by atoms with Gasteiger partial charge in [-0.25, -0.2) is 0 Å². The highest BCUT2D eigenvalue weighted by molar-refractivity contribution is 5.96. The van der Waals surface area contributed by atoms with Crippen molar-refractivity contribution in [2.75, 3.05) is 7.11 Å². The molecule has 3 N–H and O–H groups in total. The molecule has 0 atom stereocenters. The lowest BCUT2D eigenvalue weighted by molar-refractivity contribution is 0.415. The third-order valence-electron chi connectivity index (χ3n) is 2.80. The van der Waals surface area contributed by atoms with E-state index in [0.717, 1.165) is 22.4 Å². The molecular weight excluding hydrogens is 224 g/mol. The number of nitrogens with one attached hydrogen (secondary N) is 1. The van der Waals surface area contributed by atoms with Crippen LogP contribution < -0.4 is 10.5 Å². The summed E-state index contributed by atoms with van der Waals surface area (Å²) in [5.41, 5.74) is 9.06. The van der Waals surface area contributed by atoms with E-state index in [1.807, 2.05) is 36.4 Å². The monoisotopic (exact) mass is 239 g/mol. The van der Waals surface area contributed by atoms with Crippen LogP contribution in [0.1, 0.15) is 11.1 Å². The van der Waals surface area contributed by atoms with Crippen molar-refractivity contribution in [3.8, 4) is 16.9 Å². The Kier molecular flexibility index (Phi) is 3.33. The molecule has 2 rings (SSSR count). The zero-order valence-corrected chi connectivity index (χ0v) is 10.2. The fourth-order valence-corrected chi connectivity index (χ4v) is 1.80. The van der Waals surface area contributed by atoms with Crippen LogP contribution in [0.3, 0.4) is 0 Å². The molecule has 0 amide bonds. The molecule has 0 fully saturated rings. The highest BCUT2D eigenvalue weighted by Gasteiger charge is 2.06. The number of nitrogen functional groups attached to an aromatic ring is 1. The van der Waals surface area contributed by atoms with E-state index in [-0.39, 0.29) is 5.84 Å². The van der Waals surface area contributed by atoms with Gasteiger partial charge >= 0.3 is 0 Å². The van der Waals surface area contributed by atoms with Crippen molar-refractivity contribution in [2.24, 2.45) is 5.73 Å². The second kappa shape index (κ2) is 4.92. The fraction of sp³-hybridized carbons (Fsp3) is 0.0667. The van der Waals surface area contributed by atoms with Gasteiger partial charge in [-0.1, -0.05) is 24.3 Å². The first-order valence-electron chi connectivity index (χ1n) is 5.56. The largest absolute Gasteiger partial charge is 0.497 e. The lowest BCUT2D eigenvalue weighted by Gasteiger charge is -2.09. The summed E-state index contributed by atoms with van der Waals surface area (Å²) in [7, 11) is 1.64. The number of methoxy groups -OCH3 is 1. The average Bonchev–Trinajstić information content (AvgIpc) is 2.39. The summed E-state index contributed by atoms with van der Waals surface area (Å²) in [4.78, 5) is 0. The van der Waals surface area contributed by atoms with Gasteiger partial charge in [0.2, 0.25) is 0 Å². The van der Waals surface area contributed by atoms with Gasteiger partial charge in [-0.15, -0.1) is 0 Å². The average molecular weight is 239 g/mol. The van der Waals surface area contributed by atoms with Gasteiger partial charge in [-0.05, 0) is 41.8 Å². The molecule has 0 aliphatic carbocycles. The lowest BCUT2D eigenvalue weighted by atomic mass is 9.97. The van der Waals surface area contributed by atoms with Crippen molar-refractivity contribution < 1.29 is 4.74 Å². The first kappa shape index (κ1) is 12.2. The van der Waals surface area contributed by atoms with Gasteiger partial charge in [0.15, 0.2) is 0 Å². The molecule has 18 heavy (non-hydrogen) atoms. The van der Waals surface area contributed by atoms with Crippen LogP contribution in [0.5, 0.6) is 5.75 Å². The fourth-order valence-electron chi connectivity index (χ4n) is 1.80. The standard InChI is InChI=1S/C15H15N2O/c1-10-6-7-12(15(16)17)9-14(10)11-4-3-5-13(8-11)18-2/h3-9H,1H2,2H3,(H3,16,17). The van der Waals surface area contributed by atoms with Crippen LogP contribution in [-0.4, -0.2) is 12.9 Å². The summed E-state index contributed by atoms with van der Waals surface area (Å²) in [6.07, 6.45) is 0. The number of hydrogen-bond donors (Lipinski definition) is 2. The third kappa shape index (κ3) is 2.35. The molecule has 2 aromatic carbocycles. The van der Waals surface area contributed by atoms with Crippen LogP contribution in [0.25, 0.3) is 11.1 Å². The van der Waals surface area contributed by atoms with Crippen LogP contribution in [0.15, 0.2) is 42.5 Å². The Labute approximate surface area is 107 Å². The second-order valence-corrected chi connectivity index (χ2v) is 4.02. The van der Waals surface area contributed by atoms with Gasteiger partial charge in [-0.2, -0.15) is 0 Å². The summed E-state index contributed by atoms with van der Waals surface area (Å²) in [6.45, 7) is 4.00. The minimum Gasteiger partial charge on any atom is -0.497 e. The lowest BCUT2D eigenvalue weighted by Crippen LogP contribution is -2.11. The van der Waals surface area contributed by atoms with Gasteiger partial charge in [0, 0.05) is 5.56 Å². The highest BCUT2D eigenvalue weighted by atomic mass is 16.5. The predicted molar refractivity (Wildman–Crippen MR) is 73.9 cm³/mol. The van der Waals surface area contributed by atoms with E-state index in [0.29, 0.717) is 5.56 Å². The SMILES string of the molecule is [CH2]c1ccc(C(=N)N)cc1-c1cccc(OC)c1. The van der Waals surface area contributed by atoms with E-state index >= 15 is 0 Å². The van der Waals surface area contributed by atoms with Gasteiger partial charge < -0.3 is 10.5 Å². The molecule has 91 valence electrons. The van der Waals surface area contributed by atoms with Crippen molar-refractivity contribution in [1.82, 2.24) is 0 Å². The summed E-state index contributed by atoms with van der Waals surface area (Å²) in [6, 6.07) is 13.3. The van der Waals surface area contributed by atoms with E-state index in [2.05, 4.69) is 6.92 Å². The Balaban J connectivity index is 2.54. The summed E-state index contributed by atoms with van der Waals surface area (Å²) < 4.78 is 5.21. The normalized spacial score (nSPS) is 10.1. The van der Waals surface area contributed by atoms with Crippen LogP contribution >= 0.6 is 0 Å². The van der Waals surface area contributed by atoms with E-state index in [9.17, 15) is 0 Å². The van der Waals surface area contributed by atoms with Crippen molar-refractivity contribution in [2.45, 2.75) is 0 Å². The topological polar surface area (TPSA) is 59.1 Å². The number of hydrogen-bond acceptors (Lipinski definition) is 2. The van der Waals surface area contributed by atoms with Crippen LogP contribution in [0, 0.1) is 12.3 Å². The van der Waals surface area contributed by atoms with E-state index in [1.54, 1.807) is 13.2 Å². The molecular formula is C15H15N2O. The number of nitrogens with two attached hydrogens (primary N) is 1. The maximum atomic E-state index is 7.48. The molecule has 1 radical (unpaired) electrons. The highest BCUT2D eigenvalue weighted by Crippen LogP contribution is 2.27. The smallest absolute Gasteiger partial charge is 0.122 e. The van der Waals surface area contributed by atoms with Gasteiger partial charge in [0.25, 0.3) is 0 Å². The molecule has 0 spiro atoms. The second-order valence-electron chi connectivity index (χ2n) is 4.02. The number of ether oxygens (including phenoxy) is 1. The van der Waals surface area contributed by atoms with E-state index in [4.69, 9.17) is 15.9 Å². The molecule has 0 saturated heterocycles. The zero-order chi connectivity index (χ0) is 13.1. The zero-order valence-electron chi connectivity index (χ0n) is 10.2. The Morgan fingerprint density at radius 2 is 2.00 bits per heavy atom. The van der Waals surface area contributed by atoms with Crippen LogP contribution in [0.2, 0.25) is 0 Å². The van der Waals surface area contributed by atoms with E-state index in [1.165, 1.54) is 0 Å². The number of benzene rings is 2. The van der Waals surface area contributed by atoms with Crippen molar-refractivity contribution in [3.63, 3.8) is 0 Å². The minimum absolute atomic E-state index is 0.0548. The first-order chi connectivity index (χ1) is 8.61. The molecule has 2 aromatic rings. The van der Waals surface area contributed by atoms with E-state index < -0.39 is 0 Å². The number of rotatable bonds is 3. The molecule has 0 heterocycles. The molecule has 0 aliphatic heterocycles. The minimum atomic E-state index is 0.0548. The molecule has 0 aliphatic rings. The summed E-state index contributed by atoms with van der Waals surface area (Å²) in [5.74, 6) is 0.847. The first-order valence-corrected chi connectivity index (χ1v) is 5.56. The molecule has 0 bridgehead atoms. The van der Waals surface area contributed by atoms with Gasteiger partial charge in [-0.3, -0.25) is 5.41 Å². The Hall–Kier alpha value is -2.29. The maximum Gasteiger partial charge on any atom is 0.122 e. The quantitative estimate of drug-likeness (QED) is 0.639. The van der Waals surface area contributed by atoms with Crippen molar-refractivity contribution >= 4 is 5.84 Å². The molecule has 0 saturated carbocycles. The van der Waals surface area contributed by atoms with Gasteiger partial charge in [0.1, 0.15) is 11.6 Å². The van der Waals surface area contributed by atoms with Crippen LogP contribution in [-0.2, 0) is 0 Å². The van der Waals surface area contributed by atoms with Crippen molar-refractivity contribution in [3.05, 3.63) is 60.5 Å². The van der Waals surface area contributed by atoms with Crippen LogP contribution in [0.4, 0.5) is 0 Å². The molecule has 3 heteroatoms. The maximum absolute atomic E-state index is 7.48. The number of amidine groups is 1. The predicted octanol–water partition coefficient (Wildman–Crippen LogP) is 2.83. The summed E-state index contributed by atoms with van der Waals surface area (Å²) >= 11 is 0. The van der Waals surface area contributed by atoms with Gasteiger partial charge in [0.05, 0.1) is 7.11 Å². The Morgan fingerprint density at radius 3 is 2.67 bits per heavy atom. The summed E-state index contributed by atoms with van der Waals surface area (Å²) in [5, 5.41) is 7.48. The molecule has 0 unspecified atom stereocenters. The molecule has 0 aromatic heterocycles. The third-order valence-corrected chi connectivity index (χ3v) is 2.80. The Morgan fingerprint density at radius 1 is 1.22 bits per heavy atom.